The molecule has 3 fully saturated rings. The molecule has 3 saturated heterocycles. The standard InChI is InChI=1S/C15H29N3O/c1-16-6-2-14(3-7-16)17-8-4-15(5-9-17)18-10-12-19-13-11-18/h14-15H,2-13H2,1H3. The van der Waals surface area contributed by atoms with E-state index in [1.54, 1.807) is 0 Å². The zero-order chi connectivity index (χ0) is 13.1. The normalized spacial score (nSPS) is 30.8. The number of hydrogen-bond acceptors (Lipinski definition) is 4. The number of ether oxygens (including phenoxy) is 1. The van der Waals surface area contributed by atoms with Gasteiger partial charge in [-0.25, -0.2) is 0 Å². The fraction of sp³-hybridized carbons (Fsp3) is 1.00. The summed E-state index contributed by atoms with van der Waals surface area (Å²) in [6.07, 6.45) is 5.48. The van der Waals surface area contributed by atoms with Crippen LogP contribution in [-0.4, -0.2) is 86.3 Å². The predicted octanol–water partition coefficient (Wildman–Crippen LogP) is 0.877. The van der Waals surface area contributed by atoms with Crippen molar-refractivity contribution in [3.63, 3.8) is 0 Å². The maximum Gasteiger partial charge on any atom is 0.0594 e. The van der Waals surface area contributed by atoms with Gasteiger partial charge < -0.3 is 14.5 Å². The van der Waals surface area contributed by atoms with Crippen molar-refractivity contribution >= 4 is 0 Å². The van der Waals surface area contributed by atoms with Crippen LogP contribution in [0.25, 0.3) is 0 Å². The van der Waals surface area contributed by atoms with Gasteiger partial charge in [0.1, 0.15) is 0 Å². The van der Waals surface area contributed by atoms with E-state index in [0.717, 1.165) is 38.4 Å². The van der Waals surface area contributed by atoms with E-state index < -0.39 is 0 Å². The van der Waals surface area contributed by atoms with Crippen molar-refractivity contribution in [2.24, 2.45) is 0 Å². The van der Waals surface area contributed by atoms with Crippen molar-refractivity contribution in [3.05, 3.63) is 0 Å². The van der Waals surface area contributed by atoms with Crippen LogP contribution in [0.4, 0.5) is 0 Å². The van der Waals surface area contributed by atoms with E-state index in [0.29, 0.717) is 0 Å². The quantitative estimate of drug-likeness (QED) is 0.739. The smallest absolute Gasteiger partial charge is 0.0594 e. The molecule has 110 valence electrons. The van der Waals surface area contributed by atoms with Gasteiger partial charge in [-0.05, 0) is 58.9 Å². The minimum absolute atomic E-state index is 0.825. The van der Waals surface area contributed by atoms with Crippen molar-refractivity contribution < 1.29 is 4.74 Å². The zero-order valence-corrected chi connectivity index (χ0v) is 12.4. The van der Waals surface area contributed by atoms with Crippen LogP contribution in [0.2, 0.25) is 0 Å². The first kappa shape index (κ1) is 13.8. The molecule has 0 aliphatic carbocycles. The minimum atomic E-state index is 0.825. The summed E-state index contributed by atoms with van der Waals surface area (Å²) in [5.74, 6) is 0. The maximum atomic E-state index is 5.46. The highest BCUT2D eigenvalue weighted by Gasteiger charge is 2.30. The lowest BCUT2D eigenvalue weighted by atomic mass is 9.97. The summed E-state index contributed by atoms with van der Waals surface area (Å²) in [4.78, 5) is 7.90. The highest BCUT2D eigenvalue weighted by atomic mass is 16.5. The molecular formula is C15H29N3O. The molecule has 0 aromatic rings. The Morgan fingerprint density at radius 1 is 0.684 bits per heavy atom. The van der Waals surface area contributed by atoms with Crippen LogP contribution in [-0.2, 0) is 4.74 Å². The van der Waals surface area contributed by atoms with Gasteiger partial charge in [0.15, 0.2) is 0 Å². The Kier molecular flexibility index (Phi) is 4.74. The Balaban J connectivity index is 1.44. The molecule has 0 radical (unpaired) electrons. The Morgan fingerprint density at radius 2 is 1.16 bits per heavy atom. The molecule has 0 atom stereocenters. The van der Waals surface area contributed by atoms with Gasteiger partial charge in [0.2, 0.25) is 0 Å². The summed E-state index contributed by atoms with van der Waals surface area (Å²) in [6.45, 7) is 9.39. The number of morpholine rings is 1. The molecule has 0 aromatic carbocycles. The lowest BCUT2D eigenvalue weighted by Gasteiger charge is -2.44. The van der Waals surface area contributed by atoms with Gasteiger partial charge in [0.25, 0.3) is 0 Å². The second-order valence-corrected chi connectivity index (χ2v) is 6.45. The molecule has 4 heteroatoms. The fourth-order valence-electron chi connectivity index (χ4n) is 3.92. The largest absolute Gasteiger partial charge is 0.379 e. The fourth-order valence-corrected chi connectivity index (χ4v) is 3.92. The third kappa shape index (κ3) is 3.48. The molecule has 0 unspecified atom stereocenters. The molecule has 19 heavy (non-hydrogen) atoms. The average molecular weight is 267 g/mol. The Morgan fingerprint density at radius 3 is 1.74 bits per heavy atom. The minimum Gasteiger partial charge on any atom is -0.379 e. The first-order valence-electron chi connectivity index (χ1n) is 8.07. The van der Waals surface area contributed by atoms with Crippen LogP contribution in [0.15, 0.2) is 0 Å². The number of hydrogen-bond donors (Lipinski definition) is 0. The lowest BCUT2D eigenvalue weighted by Crippen LogP contribution is -2.52. The Labute approximate surface area is 117 Å². The molecule has 3 heterocycles. The number of nitrogens with zero attached hydrogens (tertiary/aromatic N) is 3. The van der Waals surface area contributed by atoms with Crippen molar-refractivity contribution in [1.82, 2.24) is 14.7 Å². The van der Waals surface area contributed by atoms with Crippen molar-refractivity contribution in [3.8, 4) is 0 Å². The molecule has 0 saturated carbocycles. The summed E-state index contributed by atoms with van der Waals surface area (Å²) in [5.41, 5.74) is 0. The molecule has 3 rings (SSSR count). The average Bonchev–Trinajstić information content (AvgIpc) is 2.49. The van der Waals surface area contributed by atoms with Gasteiger partial charge in [0, 0.05) is 25.2 Å². The molecule has 3 aliphatic rings. The van der Waals surface area contributed by atoms with Gasteiger partial charge in [0.05, 0.1) is 13.2 Å². The molecule has 4 nitrogen and oxygen atoms in total. The van der Waals surface area contributed by atoms with E-state index in [2.05, 4.69) is 21.7 Å². The summed E-state index contributed by atoms with van der Waals surface area (Å²) < 4.78 is 5.46. The predicted molar refractivity (Wildman–Crippen MR) is 77.5 cm³/mol. The third-order valence-corrected chi connectivity index (χ3v) is 5.27. The van der Waals surface area contributed by atoms with E-state index in [-0.39, 0.29) is 0 Å². The molecule has 0 aromatic heterocycles. The van der Waals surface area contributed by atoms with Crippen molar-refractivity contribution in [1.29, 1.82) is 0 Å². The van der Waals surface area contributed by atoms with Crippen molar-refractivity contribution in [2.45, 2.75) is 37.8 Å². The molecule has 3 aliphatic heterocycles. The van der Waals surface area contributed by atoms with Crippen LogP contribution < -0.4 is 0 Å². The van der Waals surface area contributed by atoms with Gasteiger partial charge >= 0.3 is 0 Å². The summed E-state index contributed by atoms with van der Waals surface area (Å²) in [7, 11) is 2.25. The second-order valence-electron chi connectivity index (χ2n) is 6.45. The summed E-state index contributed by atoms with van der Waals surface area (Å²) in [5, 5.41) is 0. The maximum absolute atomic E-state index is 5.46. The van der Waals surface area contributed by atoms with Crippen LogP contribution in [0.5, 0.6) is 0 Å². The van der Waals surface area contributed by atoms with E-state index in [4.69, 9.17) is 4.74 Å². The van der Waals surface area contributed by atoms with E-state index >= 15 is 0 Å². The molecular weight excluding hydrogens is 238 g/mol. The SMILES string of the molecule is CN1CCC(N2CCC(N3CCOCC3)CC2)CC1. The van der Waals surface area contributed by atoms with Crippen LogP contribution in [0.3, 0.4) is 0 Å². The van der Waals surface area contributed by atoms with Gasteiger partial charge in [-0.2, -0.15) is 0 Å². The summed E-state index contributed by atoms with van der Waals surface area (Å²) in [6, 6.07) is 1.69. The monoisotopic (exact) mass is 267 g/mol. The van der Waals surface area contributed by atoms with Gasteiger partial charge in [-0.3, -0.25) is 4.90 Å². The highest BCUT2D eigenvalue weighted by molar-refractivity contribution is 4.86. The van der Waals surface area contributed by atoms with Crippen molar-refractivity contribution in [2.75, 3.05) is 59.5 Å². The number of piperidine rings is 2. The van der Waals surface area contributed by atoms with Crippen LogP contribution in [0.1, 0.15) is 25.7 Å². The first-order valence-corrected chi connectivity index (χ1v) is 8.07. The topological polar surface area (TPSA) is 19.0 Å². The lowest BCUT2D eigenvalue weighted by molar-refractivity contribution is -0.00665. The molecule has 0 amide bonds. The number of likely N-dealkylation sites (tertiary alicyclic amines) is 2. The first-order chi connectivity index (χ1) is 9.33. The Bertz CT molecular complexity index is 265. The van der Waals surface area contributed by atoms with Crippen LogP contribution in [0, 0.1) is 0 Å². The van der Waals surface area contributed by atoms with Gasteiger partial charge in [-0.15, -0.1) is 0 Å². The molecule has 0 bridgehead atoms. The van der Waals surface area contributed by atoms with Gasteiger partial charge in [-0.1, -0.05) is 0 Å². The molecule has 0 spiro atoms. The second kappa shape index (κ2) is 6.53. The summed E-state index contributed by atoms with van der Waals surface area (Å²) >= 11 is 0. The van der Waals surface area contributed by atoms with E-state index in [1.807, 2.05) is 0 Å². The third-order valence-electron chi connectivity index (χ3n) is 5.27. The zero-order valence-electron chi connectivity index (χ0n) is 12.4. The van der Waals surface area contributed by atoms with E-state index in [9.17, 15) is 0 Å². The molecule has 0 N–H and O–H groups in total. The van der Waals surface area contributed by atoms with E-state index in [1.165, 1.54) is 51.9 Å². The highest BCUT2D eigenvalue weighted by Crippen LogP contribution is 2.23. The van der Waals surface area contributed by atoms with Crippen LogP contribution >= 0.6 is 0 Å². The number of rotatable bonds is 2. The Hall–Kier alpha value is -0.160.